The van der Waals surface area contributed by atoms with Gasteiger partial charge in [-0.2, -0.15) is 0 Å². The highest BCUT2D eigenvalue weighted by atomic mass is 16.5. The molecule has 0 spiro atoms. The van der Waals surface area contributed by atoms with Crippen LogP contribution in [-0.2, 0) is 6.54 Å². The largest absolute Gasteiger partial charge is 0.496 e. The van der Waals surface area contributed by atoms with Gasteiger partial charge in [-0.1, -0.05) is 36.4 Å². The van der Waals surface area contributed by atoms with E-state index in [-0.39, 0.29) is 11.9 Å². The van der Waals surface area contributed by atoms with Crippen molar-refractivity contribution < 1.29 is 14.3 Å². The summed E-state index contributed by atoms with van der Waals surface area (Å²) < 4.78 is 11.0. The van der Waals surface area contributed by atoms with Crippen LogP contribution in [0.25, 0.3) is 0 Å². The van der Waals surface area contributed by atoms with Gasteiger partial charge in [0.05, 0.1) is 14.2 Å². The molecule has 2 aromatic rings. The SMILES string of the molecule is COc1cccc(OC)c1C(=O)N(C1CC1)C1CCN(Cc2ccccc2)CC1. The predicted molar refractivity (Wildman–Crippen MR) is 113 cm³/mol. The Morgan fingerprint density at radius 1 is 0.897 bits per heavy atom. The molecule has 1 heterocycles. The molecule has 5 nitrogen and oxygen atoms in total. The standard InChI is InChI=1S/C24H30N2O3/c1-28-21-9-6-10-22(29-2)23(21)24(27)26(19-11-12-19)20-13-15-25(16-14-20)17-18-7-4-3-5-8-18/h3-10,19-20H,11-17H2,1-2H3. The van der Waals surface area contributed by atoms with Crippen LogP contribution in [0.2, 0.25) is 0 Å². The van der Waals surface area contributed by atoms with Crippen molar-refractivity contribution in [1.29, 1.82) is 0 Å². The van der Waals surface area contributed by atoms with E-state index in [4.69, 9.17) is 9.47 Å². The quantitative estimate of drug-likeness (QED) is 0.713. The Morgan fingerprint density at radius 3 is 2.03 bits per heavy atom. The second kappa shape index (κ2) is 8.87. The number of ether oxygens (including phenoxy) is 2. The summed E-state index contributed by atoms with van der Waals surface area (Å²) in [6.45, 7) is 3.00. The molecule has 0 aromatic heterocycles. The Balaban J connectivity index is 1.48. The zero-order valence-electron chi connectivity index (χ0n) is 17.3. The van der Waals surface area contributed by atoms with Gasteiger partial charge < -0.3 is 14.4 Å². The van der Waals surface area contributed by atoms with E-state index in [0.717, 1.165) is 45.3 Å². The summed E-state index contributed by atoms with van der Waals surface area (Å²) >= 11 is 0. The first-order chi connectivity index (χ1) is 14.2. The molecule has 1 saturated heterocycles. The van der Waals surface area contributed by atoms with E-state index in [1.165, 1.54) is 5.56 Å². The van der Waals surface area contributed by atoms with Crippen molar-refractivity contribution >= 4 is 5.91 Å². The van der Waals surface area contributed by atoms with Gasteiger partial charge in [0.2, 0.25) is 0 Å². The van der Waals surface area contributed by atoms with E-state index in [9.17, 15) is 4.79 Å². The monoisotopic (exact) mass is 394 g/mol. The molecule has 0 unspecified atom stereocenters. The number of hydrogen-bond acceptors (Lipinski definition) is 4. The highest BCUT2D eigenvalue weighted by Crippen LogP contribution is 2.37. The van der Waals surface area contributed by atoms with Crippen LogP contribution in [0.3, 0.4) is 0 Å². The number of piperidine rings is 1. The normalized spacial score (nSPS) is 17.7. The summed E-state index contributed by atoms with van der Waals surface area (Å²) in [6, 6.07) is 16.8. The number of benzene rings is 2. The lowest BCUT2D eigenvalue weighted by molar-refractivity contribution is 0.0536. The van der Waals surface area contributed by atoms with Crippen molar-refractivity contribution in [3.8, 4) is 11.5 Å². The Hall–Kier alpha value is -2.53. The number of methoxy groups -OCH3 is 2. The molecule has 2 aliphatic rings. The van der Waals surface area contributed by atoms with Crippen LogP contribution >= 0.6 is 0 Å². The molecular weight excluding hydrogens is 364 g/mol. The van der Waals surface area contributed by atoms with Crippen LogP contribution in [0.5, 0.6) is 11.5 Å². The minimum Gasteiger partial charge on any atom is -0.496 e. The van der Waals surface area contributed by atoms with Crippen LogP contribution in [0.1, 0.15) is 41.6 Å². The van der Waals surface area contributed by atoms with Crippen molar-refractivity contribution in [2.45, 2.75) is 44.3 Å². The molecule has 1 amide bonds. The molecule has 0 bridgehead atoms. The number of carbonyl (C=O) groups excluding carboxylic acids is 1. The molecule has 0 atom stereocenters. The summed E-state index contributed by atoms with van der Waals surface area (Å²) in [6.07, 6.45) is 4.19. The first-order valence-corrected chi connectivity index (χ1v) is 10.5. The van der Waals surface area contributed by atoms with E-state index in [0.29, 0.717) is 23.1 Å². The van der Waals surface area contributed by atoms with Gasteiger partial charge in [-0.3, -0.25) is 9.69 Å². The zero-order chi connectivity index (χ0) is 20.2. The number of amides is 1. The van der Waals surface area contributed by atoms with Crippen LogP contribution in [0, 0.1) is 0 Å². The van der Waals surface area contributed by atoms with Crippen molar-refractivity contribution in [3.63, 3.8) is 0 Å². The predicted octanol–water partition coefficient (Wildman–Crippen LogP) is 3.97. The van der Waals surface area contributed by atoms with Gasteiger partial charge in [0.25, 0.3) is 5.91 Å². The average molecular weight is 395 g/mol. The molecule has 0 N–H and O–H groups in total. The van der Waals surface area contributed by atoms with E-state index >= 15 is 0 Å². The molecular formula is C24H30N2O3. The summed E-state index contributed by atoms with van der Waals surface area (Å²) in [5.74, 6) is 1.21. The highest BCUT2D eigenvalue weighted by Gasteiger charge is 2.40. The number of rotatable bonds is 7. The van der Waals surface area contributed by atoms with Crippen molar-refractivity contribution in [2.75, 3.05) is 27.3 Å². The van der Waals surface area contributed by atoms with Gasteiger partial charge in [0.1, 0.15) is 17.1 Å². The fourth-order valence-corrected chi connectivity index (χ4v) is 4.37. The lowest BCUT2D eigenvalue weighted by atomic mass is 10.0. The number of hydrogen-bond donors (Lipinski definition) is 0. The molecule has 1 aliphatic carbocycles. The Morgan fingerprint density at radius 2 is 1.48 bits per heavy atom. The lowest BCUT2D eigenvalue weighted by Gasteiger charge is -2.39. The molecule has 5 heteroatoms. The van der Waals surface area contributed by atoms with E-state index in [1.54, 1.807) is 14.2 Å². The topological polar surface area (TPSA) is 42.0 Å². The van der Waals surface area contributed by atoms with E-state index in [1.807, 2.05) is 18.2 Å². The summed E-state index contributed by atoms with van der Waals surface area (Å²) in [5.41, 5.74) is 1.90. The smallest absolute Gasteiger partial charge is 0.261 e. The van der Waals surface area contributed by atoms with Gasteiger partial charge in [0.15, 0.2) is 0 Å². The van der Waals surface area contributed by atoms with Crippen LogP contribution in [0.15, 0.2) is 48.5 Å². The van der Waals surface area contributed by atoms with Crippen molar-refractivity contribution in [2.24, 2.45) is 0 Å². The Labute approximate surface area is 173 Å². The third-order valence-corrected chi connectivity index (χ3v) is 6.02. The first kappa shape index (κ1) is 19.8. The maximum atomic E-state index is 13.6. The second-order valence-corrected chi connectivity index (χ2v) is 7.97. The molecule has 4 rings (SSSR count). The Kier molecular flexibility index (Phi) is 6.05. The minimum absolute atomic E-state index is 0.0447. The third-order valence-electron chi connectivity index (χ3n) is 6.02. The summed E-state index contributed by atoms with van der Waals surface area (Å²) in [7, 11) is 3.21. The molecule has 1 saturated carbocycles. The van der Waals surface area contributed by atoms with Crippen molar-refractivity contribution in [3.05, 3.63) is 59.7 Å². The van der Waals surface area contributed by atoms with Crippen LogP contribution in [0.4, 0.5) is 0 Å². The fourth-order valence-electron chi connectivity index (χ4n) is 4.37. The Bertz CT molecular complexity index is 805. The van der Waals surface area contributed by atoms with Gasteiger partial charge in [-0.05, 0) is 43.4 Å². The van der Waals surface area contributed by atoms with Gasteiger partial charge in [0, 0.05) is 31.7 Å². The van der Waals surface area contributed by atoms with Gasteiger partial charge >= 0.3 is 0 Å². The zero-order valence-corrected chi connectivity index (χ0v) is 17.3. The molecule has 154 valence electrons. The van der Waals surface area contributed by atoms with Crippen molar-refractivity contribution in [1.82, 2.24) is 9.80 Å². The second-order valence-electron chi connectivity index (χ2n) is 7.97. The van der Waals surface area contributed by atoms with Gasteiger partial charge in [-0.15, -0.1) is 0 Å². The maximum absolute atomic E-state index is 13.6. The average Bonchev–Trinajstić information content (AvgIpc) is 3.60. The number of carbonyl (C=O) groups is 1. The maximum Gasteiger partial charge on any atom is 0.261 e. The van der Waals surface area contributed by atoms with Crippen LogP contribution in [-0.4, -0.2) is 55.1 Å². The third kappa shape index (κ3) is 4.40. The minimum atomic E-state index is 0.0447. The molecule has 2 fully saturated rings. The van der Waals surface area contributed by atoms with Gasteiger partial charge in [-0.25, -0.2) is 0 Å². The van der Waals surface area contributed by atoms with E-state index in [2.05, 4.69) is 40.1 Å². The molecule has 2 aromatic carbocycles. The highest BCUT2D eigenvalue weighted by molar-refractivity contribution is 6.00. The summed E-state index contributed by atoms with van der Waals surface area (Å²) in [4.78, 5) is 18.2. The first-order valence-electron chi connectivity index (χ1n) is 10.5. The number of nitrogens with zero attached hydrogens (tertiary/aromatic N) is 2. The number of likely N-dealkylation sites (tertiary alicyclic amines) is 1. The fraction of sp³-hybridized carbons (Fsp3) is 0.458. The lowest BCUT2D eigenvalue weighted by Crippen LogP contribution is -2.48. The van der Waals surface area contributed by atoms with Crippen LogP contribution < -0.4 is 9.47 Å². The van der Waals surface area contributed by atoms with E-state index < -0.39 is 0 Å². The molecule has 0 radical (unpaired) electrons. The summed E-state index contributed by atoms with van der Waals surface area (Å²) in [5, 5.41) is 0. The molecule has 29 heavy (non-hydrogen) atoms. The molecule has 1 aliphatic heterocycles.